The molecular formula is C17H27NS. The average Bonchev–Trinajstić information content (AvgIpc) is 2.51. The molecule has 1 atom stereocenters. The van der Waals surface area contributed by atoms with Crippen molar-refractivity contribution in [2.45, 2.75) is 31.9 Å². The Kier molecular flexibility index (Phi) is 7.92. The summed E-state index contributed by atoms with van der Waals surface area (Å²) in [5.41, 5.74) is 1.32. The summed E-state index contributed by atoms with van der Waals surface area (Å²) in [5, 5.41) is 0.330. The lowest BCUT2D eigenvalue weighted by Gasteiger charge is -2.32. The van der Waals surface area contributed by atoms with Gasteiger partial charge in [-0.05, 0) is 37.4 Å². The van der Waals surface area contributed by atoms with Crippen molar-refractivity contribution in [2.24, 2.45) is 5.92 Å². The van der Waals surface area contributed by atoms with Crippen LogP contribution in [0.2, 0.25) is 0 Å². The molecule has 0 saturated carbocycles. The second kappa shape index (κ2) is 9.22. The van der Waals surface area contributed by atoms with E-state index in [0.29, 0.717) is 5.25 Å². The van der Waals surface area contributed by atoms with Gasteiger partial charge in [0.1, 0.15) is 0 Å². The van der Waals surface area contributed by atoms with Gasteiger partial charge in [-0.25, -0.2) is 0 Å². The van der Waals surface area contributed by atoms with Crippen molar-refractivity contribution < 1.29 is 0 Å². The summed E-state index contributed by atoms with van der Waals surface area (Å²) in [5.74, 6) is 0.723. The fourth-order valence-corrected chi connectivity index (χ4v) is 2.80. The van der Waals surface area contributed by atoms with E-state index < -0.39 is 0 Å². The molecule has 0 aromatic heterocycles. The smallest absolute Gasteiger partial charge is 0.0394 e. The van der Waals surface area contributed by atoms with Crippen LogP contribution in [0.4, 0.5) is 0 Å². The molecule has 2 rings (SSSR count). The molecule has 1 nitrogen and oxygen atoms in total. The molecule has 1 saturated heterocycles. The Balaban J connectivity index is 0.000000861. The average molecular weight is 277 g/mol. The van der Waals surface area contributed by atoms with Crippen LogP contribution < -0.4 is 0 Å². The molecule has 1 unspecified atom stereocenters. The van der Waals surface area contributed by atoms with Gasteiger partial charge in [-0.3, -0.25) is 0 Å². The van der Waals surface area contributed by atoms with Crippen LogP contribution in [0, 0.1) is 5.92 Å². The zero-order valence-corrected chi connectivity index (χ0v) is 13.2. The lowest BCUT2D eigenvalue weighted by atomic mass is 9.97. The van der Waals surface area contributed by atoms with Crippen LogP contribution in [0.15, 0.2) is 43.0 Å². The van der Waals surface area contributed by atoms with E-state index in [0.717, 1.165) is 12.5 Å². The first kappa shape index (κ1) is 16.3. The molecule has 0 aliphatic carbocycles. The van der Waals surface area contributed by atoms with Gasteiger partial charge >= 0.3 is 0 Å². The van der Waals surface area contributed by atoms with Crippen molar-refractivity contribution >= 4 is 12.6 Å². The molecule has 19 heavy (non-hydrogen) atoms. The Morgan fingerprint density at radius 2 is 1.84 bits per heavy atom. The Morgan fingerprint density at radius 1 is 1.26 bits per heavy atom. The fraction of sp³-hybridized carbons (Fsp3) is 0.529. The second-order valence-corrected chi connectivity index (χ2v) is 5.42. The molecule has 0 bridgehead atoms. The number of likely N-dealkylation sites (tertiary alicyclic amines) is 1. The zero-order valence-electron chi connectivity index (χ0n) is 12.3. The summed E-state index contributed by atoms with van der Waals surface area (Å²) in [6.07, 6.45) is 4.60. The summed E-state index contributed by atoms with van der Waals surface area (Å²) in [7, 11) is 0. The highest BCUT2D eigenvalue weighted by atomic mass is 32.1. The van der Waals surface area contributed by atoms with Crippen molar-refractivity contribution in [3.8, 4) is 0 Å². The Hall–Kier alpha value is -0.730. The monoisotopic (exact) mass is 277 g/mol. The highest BCUT2D eigenvalue weighted by Gasteiger charge is 2.19. The summed E-state index contributed by atoms with van der Waals surface area (Å²) >= 11 is 4.71. The highest BCUT2D eigenvalue weighted by molar-refractivity contribution is 7.80. The van der Waals surface area contributed by atoms with Crippen molar-refractivity contribution in [1.82, 2.24) is 4.90 Å². The zero-order chi connectivity index (χ0) is 14.1. The van der Waals surface area contributed by atoms with Gasteiger partial charge < -0.3 is 4.90 Å². The van der Waals surface area contributed by atoms with Gasteiger partial charge in [0.15, 0.2) is 0 Å². The molecular weight excluding hydrogens is 250 g/mol. The molecule has 1 aliphatic rings. The van der Waals surface area contributed by atoms with Crippen molar-refractivity contribution in [3.63, 3.8) is 0 Å². The second-order valence-electron chi connectivity index (χ2n) is 4.80. The molecule has 0 radical (unpaired) electrons. The first-order valence-corrected chi connectivity index (χ1v) is 7.89. The Labute approximate surface area is 124 Å². The van der Waals surface area contributed by atoms with Crippen LogP contribution in [0.3, 0.4) is 0 Å². The van der Waals surface area contributed by atoms with Gasteiger partial charge in [-0.1, -0.05) is 50.3 Å². The predicted octanol–water partition coefficient (Wildman–Crippen LogP) is 4.58. The number of benzene rings is 1. The first-order chi connectivity index (χ1) is 9.29. The number of piperidine rings is 1. The largest absolute Gasteiger partial charge is 0.302 e. The third kappa shape index (κ3) is 5.42. The van der Waals surface area contributed by atoms with Crippen LogP contribution in [0.25, 0.3) is 0 Å². The van der Waals surface area contributed by atoms with E-state index in [1.807, 2.05) is 13.8 Å². The molecule has 106 valence electrons. The highest BCUT2D eigenvalue weighted by Crippen LogP contribution is 2.24. The summed E-state index contributed by atoms with van der Waals surface area (Å²) in [4.78, 5) is 2.52. The minimum absolute atomic E-state index is 0.330. The standard InChI is InChI=1S/C15H21NS.C2H6/c1-2-13-8-10-16(11-9-13)12-15(17)14-6-4-3-5-7-14;1-2/h2-7,13,15,17H,1,8-12H2;1-2H3. The maximum atomic E-state index is 4.71. The molecule has 1 aromatic carbocycles. The minimum atomic E-state index is 0.330. The Bertz CT molecular complexity index is 342. The number of thiol groups is 1. The third-order valence-electron chi connectivity index (χ3n) is 3.58. The number of allylic oxidation sites excluding steroid dienone is 1. The van der Waals surface area contributed by atoms with E-state index in [1.165, 1.54) is 31.5 Å². The molecule has 1 heterocycles. The quantitative estimate of drug-likeness (QED) is 0.622. The summed E-state index contributed by atoms with van der Waals surface area (Å²) in [6.45, 7) is 11.3. The maximum Gasteiger partial charge on any atom is 0.0394 e. The number of hydrogen-bond acceptors (Lipinski definition) is 2. The first-order valence-electron chi connectivity index (χ1n) is 7.37. The normalized spacial score (nSPS) is 18.3. The van der Waals surface area contributed by atoms with Crippen LogP contribution in [-0.4, -0.2) is 24.5 Å². The van der Waals surface area contributed by atoms with Gasteiger partial charge in [0.2, 0.25) is 0 Å². The minimum Gasteiger partial charge on any atom is -0.302 e. The van der Waals surface area contributed by atoms with Gasteiger partial charge in [0.25, 0.3) is 0 Å². The van der Waals surface area contributed by atoms with E-state index in [1.54, 1.807) is 0 Å². The Morgan fingerprint density at radius 3 is 2.37 bits per heavy atom. The lowest BCUT2D eigenvalue weighted by Crippen LogP contribution is -2.35. The van der Waals surface area contributed by atoms with Crippen molar-refractivity contribution in [1.29, 1.82) is 0 Å². The molecule has 1 aromatic rings. The summed E-state index contributed by atoms with van der Waals surface area (Å²) in [6, 6.07) is 10.5. The maximum absolute atomic E-state index is 4.71. The van der Waals surface area contributed by atoms with Gasteiger partial charge in [0, 0.05) is 11.8 Å². The fourth-order valence-electron chi connectivity index (χ4n) is 2.40. The lowest BCUT2D eigenvalue weighted by molar-refractivity contribution is 0.204. The van der Waals surface area contributed by atoms with E-state index in [-0.39, 0.29) is 0 Å². The SMILES string of the molecule is C=CC1CCN(CC(S)c2ccccc2)CC1.CC. The third-order valence-corrected chi connectivity index (χ3v) is 4.04. The predicted molar refractivity (Wildman–Crippen MR) is 88.9 cm³/mol. The van der Waals surface area contributed by atoms with Crippen molar-refractivity contribution in [2.75, 3.05) is 19.6 Å². The van der Waals surface area contributed by atoms with Gasteiger partial charge in [-0.15, -0.1) is 6.58 Å². The molecule has 1 fully saturated rings. The topological polar surface area (TPSA) is 3.24 Å². The molecule has 2 heteroatoms. The number of hydrogen-bond donors (Lipinski definition) is 1. The van der Waals surface area contributed by atoms with Crippen LogP contribution >= 0.6 is 12.6 Å². The molecule has 0 N–H and O–H groups in total. The van der Waals surface area contributed by atoms with Crippen LogP contribution in [-0.2, 0) is 0 Å². The van der Waals surface area contributed by atoms with Crippen molar-refractivity contribution in [3.05, 3.63) is 48.6 Å². The van der Waals surface area contributed by atoms with E-state index in [4.69, 9.17) is 12.6 Å². The summed E-state index contributed by atoms with van der Waals surface area (Å²) < 4.78 is 0. The van der Waals surface area contributed by atoms with Crippen LogP contribution in [0.5, 0.6) is 0 Å². The molecule has 0 amide bonds. The number of rotatable bonds is 4. The van der Waals surface area contributed by atoms with Gasteiger partial charge in [0.05, 0.1) is 0 Å². The molecule has 1 aliphatic heterocycles. The van der Waals surface area contributed by atoms with Gasteiger partial charge in [-0.2, -0.15) is 12.6 Å². The van der Waals surface area contributed by atoms with E-state index in [9.17, 15) is 0 Å². The van der Waals surface area contributed by atoms with Crippen LogP contribution in [0.1, 0.15) is 37.5 Å². The molecule has 0 spiro atoms. The number of nitrogens with zero attached hydrogens (tertiary/aromatic N) is 1. The van der Waals surface area contributed by atoms with E-state index in [2.05, 4.69) is 47.9 Å². The van der Waals surface area contributed by atoms with E-state index >= 15 is 0 Å².